The van der Waals surface area contributed by atoms with Gasteiger partial charge in [0.2, 0.25) is 0 Å². The summed E-state index contributed by atoms with van der Waals surface area (Å²) in [5.41, 5.74) is 13.0. The molecule has 0 aliphatic heterocycles. The molecule has 31 heavy (non-hydrogen) atoms. The van der Waals surface area contributed by atoms with Crippen molar-refractivity contribution in [2.24, 2.45) is 0 Å². The van der Waals surface area contributed by atoms with Gasteiger partial charge in [0.05, 0.1) is 5.69 Å². The maximum Gasteiger partial charge on any atom is 0.172 e. The molecular formula is C25H41N5O. The van der Waals surface area contributed by atoms with E-state index in [-0.39, 0.29) is 6.10 Å². The summed E-state index contributed by atoms with van der Waals surface area (Å²) in [6.45, 7) is 2.27. The number of ether oxygens (including phenoxy) is 1. The molecule has 0 bridgehead atoms. The SMILES string of the molecule is CCCCCCCCCCCCCCCC(Oc1ccc(N)cc1N)c1ncncn1. The monoisotopic (exact) mass is 427 g/mol. The number of anilines is 2. The molecule has 1 heterocycles. The van der Waals surface area contributed by atoms with Crippen molar-refractivity contribution < 1.29 is 4.74 Å². The van der Waals surface area contributed by atoms with Gasteiger partial charge in [0.1, 0.15) is 18.4 Å². The molecule has 1 aromatic carbocycles. The summed E-state index contributed by atoms with van der Waals surface area (Å²) in [5.74, 6) is 1.26. The van der Waals surface area contributed by atoms with Crippen LogP contribution in [0.4, 0.5) is 11.4 Å². The smallest absolute Gasteiger partial charge is 0.172 e. The second-order valence-electron chi connectivity index (χ2n) is 8.43. The highest BCUT2D eigenvalue weighted by molar-refractivity contribution is 5.60. The summed E-state index contributed by atoms with van der Waals surface area (Å²) in [5, 5.41) is 0. The van der Waals surface area contributed by atoms with Crippen molar-refractivity contribution in [2.75, 3.05) is 11.5 Å². The molecule has 0 aliphatic rings. The van der Waals surface area contributed by atoms with Crippen LogP contribution in [-0.4, -0.2) is 15.0 Å². The Morgan fingerprint density at radius 3 is 1.87 bits per heavy atom. The highest BCUT2D eigenvalue weighted by Crippen LogP contribution is 2.30. The Morgan fingerprint density at radius 2 is 1.32 bits per heavy atom. The van der Waals surface area contributed by atoms with Crippen LogP contribution < -0.4 is 16.2 Å². The lowest BCUT2D eigenvalue weighted by Crippen LogP contribution is -2.13. The first-order valence-corrected chi connectivity index (χ1v) is 12.1. The van der Waals surface area contributed by atoms with Crippen LogP contribution in [0.1, 0.15) is 109 Å². The second kappa shape index (κ2) is 15.4. The van der Waals surface area contributed by atoms with E-state index in [2.05, 4.69) is 21.9 Å². The van der Waals surface area contributed by atoms with Gasteiger partial charge in [0, 0.05) is 5.69 Å². The molecule has 1 atom stereocenters. The van der Waals surface area contributed by atoms with E-state index in [1.165, 1.54) is 89.7 Å². The van der Waals surface area contributed by atoms with Gasteiger partial charge in [0.15, 0.2) is 11.9 Å². The zero-order valence-corrected chi connectivity index (χ0v) is 19.3. The highest BCUT2D eigenvalue weighted by Gasteiger charge is 2.17. The predicted molar refractivity (Wildman–Crippen MR) is 129 cm³/mol. The second-order valence-corrected chi connectivity index (χ2v) is 8.43. The minimum absolute atomic E-state index is 0.235. The topological polar surface area (TPSA) is 99.9 Å². The lowest BCUT2D eigenvalue weighted by Gasteiger charge is -2.19. The molecule has 0 fully saturated rings. The van der Waals surface area contributed by atoms with Gasteiger partial charge in [0.25, 0.3) is 0 Å². The van der Waals surface area contributed by atoms with E-state index in [4.69, 9.17) is 16.2 Å². The van der Waals surface area contributed by atoms with E-state index in [9.17, 15) is 0 Å². The maximum atomic E-state index is 6.16. The number of rotatable bonds is 17. The van der Waals surface area contributed by atoms with Crippen LogP contribution in [0.3, 0.4) is 0 Å². The zero-order chi connectivity index (χ0) is 22.2. The summed E-state index contributed by atoms with van der Waals surface area (Å²) in [6, 6.07) is 5.31. The Balaban J connectivity index is 1.64. The van der Waals surface area contributed by atoms with E-state index >= 15 is 0 Å². The van der Waals surface area contributed by atoms with Crippen molar-refractivity contribution in [1.82, 2.24) is 15.0 Å². The van der Waals surface area contributed by atoms with Crippen LogP contribution in [0.15, 0.2) is 30.9 Å². The van der Waals surface area contributed by atoms with Gasteiger partial charge in [-0.05, 0) is 31.0 Å². The molecule has 2 rings (SSSR count). The van der Waals surface area contributed by atoms with E-state index in [0.717, 1.165) is 12.8 Å². The Hall–Kier alpha value is -2.37. The normalized spacial score (nSPS) is 12.0. The van der Waals surface area contributed by atoms with E-state index < -0.39 is 0 Å². The first kappa shape index (κ1) is 24.9. The minimum Gasteiger partial charge on any atom is -0.480 e. The molecule has 0 aliphatic carbocycles. The third-order valence-corrected chi connectivity index (χ3v) is 5.67. The van der Waals surface area contributed by atoms with E-state index in [1.807, 2.05) is 6.07 Å². The Bertz CT molecular complexity index is 710. The first-order chi connectivity index (χ1) is 15.2. The quantitative estimate of drug-likeness (QED) is 0.217. The number of nitrogen functional groups attached to an aromatic ring is 2. The van der Waals surface area contributed by atoms with Crippen molar-refractivity contribution >= 4 is 11.4 Å². The summed E-state index contributed by atoms with van der Waals surface area (Å²) in [7, 11) is 0. The lowest BCUT2D eigenvalue weighted by atomic mass is 10.0. The number of hydrogen-bond donors (Lipinski definition) is 2. The van der Waals surface area contributed by atoms with Gasteiger partial charge in [-0.3, -0.25) is 0 Å². The van der Waals surface area contributed by atoms with Gasteiger partial charge in [-0.2, -0.15) is 0 Å². The molecule has 172 valence electrons. The number of unbranched alkanes of at least 4 members (excludes halogenated alkanes) is 12. The fourth-order valence-corrected chi connectivity index (χ4v) is 3.83. The van der Waals surface area contributed by atoms with Gasteiger partial charge >= 0.3 is 0 Å². The lowest BCUT2D eigenvalue weighted by molar-refractivity contribution is 0.181. The molecule has 0 saturated heterocycles. The van der Waals surface area contributed by atoms with Crippen molar-refractivity contribution in [3.05, 3.63) is 36.7 Å². The zero-order valence-electron chi connectivity index (χ0n) is 19.3. The average Bonchev–Trinajstić information content (AvgIpc) is 2.78. The fraction of sp³-hybridized carbons (Fsp3) is 0.640. The average molecular weight is 428 g/mol. The summed E-state index contributed by atoms with van der Waals surface area (Å²) >= 11 is 0. The molecule has 0 amide bonds. The van der Waals surface area contributed by atoms with Crippen molar-refractivity contribution in [3.63, 3.8) is 0 Å². The molecule has 1 aromatic heterocycles. The summed E-state index contributed by atoms with van der Waals surface area (Å²) in [6.07, 6.45) is 21.0. The van der Waals surface area contributed by atoms with Crippen LogP contribution in [-0.2, 0) is 0 Å². The standard InChI is InChI=1S/C25H41N5O/c1-2-3-4-5-6-7-8-9-10-11-12-13-14-15-24(25-29-19-28-20-30-25)31-23-17-16-21(26)18-22(23)27/h16-20,24H,2-15,26-27H2,1H3. The molecule has 4 N–H and O–H groups in total. The summed E-state index contributed by atoms with van der Waals surface area (Å²) in [4.78, 5) is 12.5. The van der Waals surface area contributed by atoms with Crippen LogP contribution in [0.2, 0.25) is 0 Å². The van der Waals surface area contributed by atoms with Gasteiger partial charge in [-0.15, -0.1) is 0 Å². The molecule has 0 saturated carbocycles. The van der Waals surface area contributed by atoms with E-state index in [1.54, 1.807) is 12.1 Å². The maximum absolute atomic E-state index is 6.16. The number of aromatic nitrogens is 3. The van der Waals surface area contributed by atoms with Crippen molar-refractivity contribution in [3.8, 4) is 5.75 Å². The number of nitrogens with two attached hydrogens (primary N) is 2. The molecule has 1 unspecified atom stereocenters. The third-order valence-electron chi connectivity index (χ3n) is 5.67. The predicted octanol–water partition coefficient (Wildman–Crippen LogP) is 6.64. The number of nitrogens with zero attached hydrogens (tertiary/aromatic N) is 3. The summed E-state index contributed by atoms with van der Waals surface area (Å²) < 4.78 is 6.16. The largest absolute Gasteiger partial charge is 0.480 e. The molecule has 6 heteroatoms. The molecular weight excluding hydrogens is 386 g/mol. The van der Waals surface area contributed by atoms with Crippen molar-refractivity contribution in [1.29, 1.82) is 0 Å². The van der Waals surface area contributed by atoms with Gasteiger partial charge < -0.3 is 16.2 Å². The first-order valence-electron chi connectivity index (χ1n) is 12.1. The van der Waals surface area contributed by atoms with Gasteiger partial charge in [-0.1, -0.05) is 84.0 Å². The Morgan fingerprint density at radius 1 is 0.774 bits per heavy atom. The molecule has 0 spiro atoms. The fourth-order valence-electron chi connectivity index (χ4n) is 3.83. The van der Waals surface area contributed by atoms with Crippen molar-refractivity contribution in [2.45, 2.75) is 103 Å². The minimum atomic E-state index is -0.235. The number of hydrogen-bond acceptors (Lipinski definition) is 6. The van der Waals surface area contributed by atoms with Crippen LogP contribution in [0.25, 0.3) is 0 Å². The van der Waals surface area contributed by atoms with Crippen LogP contribution in [0.5, 0.6) is 5.75 Å². The number of benzene rings is 1. The van der Waals surface area contributed by atoms with E-state index in [0.29, 0.717) is 22.9 Å². The molecule has 2 aromatic rings. The highest BCUT2D eigenvalue weighted by atomic mass is 16.5. The third kappa shape index (κ3) is 10.5. The molecule has 0 radical (unpaired) electrons. The van der Waals surface area contributed by atoms with Crippen LogP contribution in [0, 0.1) is 0 Å². The Kier molecular flexibility index (Phi) is 12.4. The molecule has 6 nitrogen and oxygen atoms in total. The van der Waals surface area contributed by atoms with Crippen LogP contribution >= 0.6 is 0 Å². The Labute approximate surface area is 188 Å². The van der Waals surface area contributed by atoms with Gasteiger partial charge in [-0.25, -0.2) is 15.0 Å².